The normalized spacial score (nSPS) is 23.8. The van der Waals surface area contributed by atoms with Gasteiger partial charge in [-0.3, -0.25) is 4.79 Å². The van der Waals surface area contributed by atoms with Crippen LogP contribution in [0.25, 0.3) is 0 Å². The number of aryl methyl sites for hydroxylation is 2. The van der Waals surface area contributed by atoms with E-state index in [1.54, 1.807) is 0 Å². The summed E-state index contributed by atoms with van der Waals surface area (Å²) < 4.78 is 17.5. The molecule has 6 heteroatoms. The van der Waals surface area contributed by atoms with Crippen LogP contribution in [-0.2, 0) is 9.47 Å². The summed E-state index contributed by atoms with van der Waals surface area (Å²) in [5.74, 6) is 1.70. The van der Waals surface area contributed by atoms with E-state index in [9.17, 15) is 4.79 Å². The summed E-state index contributed by atoms with van der Waals surface area (Å²) in [6.45, 7) is 6.45. The van der Waals surface area contributed by atoms with E-state index < -0.39 is 0 Å². The Morgan fingerprint density at radius 1 is 1.24 bits per heavy atom. The molecule has 2 aliphatic rings. The summed E-state index contributed by atoms with van der Waals surface area (Å²) in [5, 5.41) is 0. The number of halogens is 1. The van der Waals surface area contributed by atoms with Crippen LogP contribution >= 0.6 is 15.9 Å². The van der Waals surface area contributed by atoms with Gasteiger partial charge in [0.1, 0.15) is 11.5 Å². The molecule has 0 aromatic carbocycles. The van der Waals surface area contributed by atoms with Crippen LogP contribution < -0.4 is 0 Å². The van der Waals surface area contributed by atoms with Crippen molar-refractivity contribution in [2.75, 3.05) is 26.3 Å². The summed E-state index contributed by atoms with van der Waals surface area (Å²) in [6.07, 6.45) is 1.86. The maximum Gasteiger partial charge on any atom is 0.258 e. The van der Waals surface area contributed by atoms with Crippen LogP contribution in [0.5, 0.6) is 0 Å². The van der Waals surface area contributed by atoms with Crippen LogP contribution in [0, 0.1) is 19.8 Å². The van der Waals surface area contributed by atoms with Crippen molar-refractivity contribution in [1.29, 1.82) is 0 Å². The molecule has 1 aromatic rings. The first-order valence-corrected chi connectivity index (χ1v) is 8.15. The molecule has 0 N–H and O–H groups in total. The minimum atomic E-state index is -0.156. The molecule has 1 atom stereocenters. The van der Waals surface area contributed by atoms with Gasteiger partial charge >= 0.3 is 0 Å². The van der Waals surface area contributed by atoms with Gasteiger partial charge in [0.2, 0.25) is 0 Å². The van der Waals surface area contributed by atoms with Crippen molar-refractivity contribution in [3.05, 3.63) is 21.6 Å². The fourth-order valence-corrected chi connectivity index (χ4v) is 3.65. The lowest BCUT2D eigenvalue weighted by atomic mass is 9.96. The van der Waals surface area contributed by atoms with Crippen molar-refractivity contribution in [3.63, 3.8) is 0 Å². The maximum atomic E-state index is 12.8. The van der Waals surface area contributed by atoms with Gasteiger partial charge in [-0.15, -0.1) is 0 Å². The Kier molecular flexibility index (Phi) is 4.38. The van der Waals surface area contributed by atoms with Crippen LogP contribution in [0.2, 0.25) is 0 Å². The van der Waals surface area contributed by atoms with Gasteiger partial charge in [-0.1, -0.05) is 0 Å². The van der Waals surface area contributed by atoms with Crippen LogP contribution in [0.1, 0.15) is 34.7 Å². The predicted octanol–water partition coefficient (Wildman–Crippen LogP) is 2.88. The van der Waals surface area contributed by atoms with Gasteiger partial charge in [-0.2, -0.15) is 0 Å². The Hall–Kier alpha value is -0.850. The summed E-state index contributed by atoms with van der Waals surface area (Å²) in [6, 6.07) is 0. The number of amides is 1. The molecule has 3 rings (SSSR count). The highest BCUT2D eigenvalue weighted by Crippen LogP contribution is 2.31. The number of carbonyl (C=O) groups excluding carboxylic acids is 1. The third kappa shape index (κ3) is 2.89. The number of furan rings is 1. The van der Waals surface area contributed by atoms with Crippen molar-refractivity contribution >= 4 is 21.8 Å². The topological polar surface area (TPSA) is 51.9 Å². The van der Waals surface area contributed by atoms with Gasteiger partial charge < -0.3 is 18.8 Å². The molecular formula is C15H20BrNO4. The summed E-state index contributed by atoms with van der Waals surface area (Å²) in [7, 11) is 0. The van der Waals surface area contributed by atoms with Gasteiger partial charge in [-0.25, -0.2) is 0 Å². The lowest BCUT2D eigenvalue weighted by molar-refractivity contribution is -0.0969. The number of hydrogen-bond acceptors (Lipinski definition) is 4. The van der Waals surface area contributed by atoms with Gasteiger partial charge in [0.05, 0.1) is 23.2 Å². The van der Waals surface area contributed by atoms with Crippen molar-refractivity contribution in [2.45, 2.75) is 33.0 Å². The number of ether oxygens (including phenoxy) is 2. The first-order valence-electron chi connectivity index (χ1n) is 7.36. The smallest absolute Gasteiger partial charge is 0.258 e. The standard InChI is InChI=1S/C15H20BrNO4/c1-9-12(13(16)10(2)21-9)14(18)17-5-3-4-11(8-17)15-19-6-7-20-15/h11,15H,3-8H2,1-2H3. The first-order chi connectivity index (χ1) is 10.1. The van der Waals surface area contributed by atoms with E-state index in [2.05, 4.69) is 15.9 Å². The molecule has 0 bridgehead atoms. The van der Waals surface area contributed by atoms with Crippen LogP contribution in [0.4, 0.5) is 0 Å². The van der Waals surface area contributed by atoms with Crippen LogP contribution in [-0.4, -0.2) is 43.4 Å². The fraction of sp³-hybridized carbons (Fsp3) is 0.667. The molecule has 1 aromatic heterocycles. The molecular weight excluding hydrogens is 338 g/mol. The van der Waals surface area contributed by atoms with Crippen LogP contribution in [0.3, 0.4) is 0 Å². The van der Waals surface area contributed by atoms with E-state index in [-0.39, 0.29) is 18.1 Å². The number of carbonyl (C=O) groups is 1. The average molecular weight is 358 g/mol. The highest BCUT2D eigenvalue weighted by Gasteiger charge is 2.34. The molecule has 1 amide bonds. The monoisotopic (exact) mass is 357 g/mol. The number of piperidine rings is 1. The summed E-state index contributed by atoms with van der Waals surface area (Å²) in [4.78, 5) is 14.7. The van der Waals surface area contributed by atoms with Crippen molar-refractivity contribution in [1.82, 2.24) is 4.90 Å². The van der Waals surface area contributed by atoms with Gasteiger partial charge in [0, 0.05) is 19.0 Å². The summed E-state index contributed by atoms with van der Waals surface area (Å²) >= 11 is 3.46. The summed E-state index contributed by atoms with van der Waals surface area (Å²) in [5.41, 5.74) is 0.640. The second-order valence-corrected chi connectivity index (χ2v) is 6.46. The zero-order chi connectivity index (χ0) is 15.0. The largest absolute Gasteiger partial charge is 0.465 e. The lowest BCUT2D eigenvalue weighted by Gasteiger charge is -2.34. The Bertz CT molecular complexity index is 536. The number of hydrogen-bond donors (Lipinski definition) is 0. The third-order valence-corrected chi connectivity index (χ3v) is 5.13. The third-order valence-electron chi connectivity index (χ3n) is 4.18. The van der Waals surface area contributed by atoms with Gasteiger partial charge in [-0.05, 0) is 42.6 Å². The van der Waals surface area contributed by atoms with Crippen molar-refractivity contribution in [2.24, 2.45) is 5.92 Å². The molecule has 1 unspecified atom stereocenters. The second-order valence-electron chi connectivity index (χ2n) is 5.67. The highest BCUT2D eigenvalue weighted by molar-refractivity contribution is 9.10. The zero-order valence-electron chi connectivity index (χ0n) is 12.4. The molecule has 21 heavy (non-hydrogen) atoms. The van der Waals surface area contributed by atoms with E-state index in [4.69, 9.17) is 13.9 Å². The Morgan fingerprint density at radius 2 is 1.95 bits per heavy atom. The minimum Gasteiger partial charge on any atom is -0.465 e. The Balaban J connectivity index is 1.74. The Labute approximate surface area is 132 Å². The maximum absolute atomic E-state index is 12.8. The molecule has 2 fully saturated rings. The molecule has 3 heterocycles. The Morgan fingerprint density at radius 3 is 2.57 bits per heavy atom. The number of likely N-dealkylation sites (tertiary alicyclic amines) is 1. The van der Waals surface area contributed by atoms with Gasteiger partial charge in [0.15, 0.2) is 6.29 Å². The highest BCUT2D eigenvalue weighted by atomic mass is 79.9. The van der Waals surface area contributed by atoms with Crippen molar-refractivity contribution in [3.8, 4) is 0 Å². The predicted molar refractivity (Wildman–Crippen MR) is 80.2 cm³/mol. The van der Waals surface area contributed by atoms with E-state index in [0.29, 0.717) is 31.1 Å². The SMILES string of the molecule is Cc1oc(C)c(C(=O)N2CCCC(C3OCCO3)C2)c1Br. The number of nitrogens with zero attached hydrogens (tertiary/aromatic N) is 1. The lowest BCUT2D eigenvalue weighted by Crippen LogP contribution is -2.44. The first kappa shape index (κ1) is 15.1. The molecule has 0 spiro atoms. The molecule has 0 saturated carbocycles. The molecule has 2 aliphatic heterocycles. The number of rotatable bonds is 2. The molecule has 2 saturated heterocycles. The molecule has 0 aliphatic carbocycles. The van der Waals surface area contributed by atoms with E-state index in [0.717, 1.165) is 29.6 Å². The van der Waals surface area contributed by atoms with Crippen molar-refractivity contribution < 1.29 is 18.7 Å². The average Bonchev–Trinajstić information content (AvgIpc) is 3.08. The fourth-order valence-electron chi connectivity index (χ4n) is 3.12. The molecule has 0 radical (unpaired) electrons. The minimum absolute atomic E-state index is 0.0268. The van der Waals surface area contributed by atoms with Crippen LogP contribution in [0.15, 0.2) is 8.89 Å². The van der Waals surface area contributed by atoms with Gasteiger partial charge in [0.25, 0.3) is 5.91 Å². The molecule has 116 valence electrons. The molecule has 5 nitrogen and oxygen atoms in total. The second kappa shape index (κ2) is 6.10. The van der Waals surface area contributed by atoms with E-state index in [1.807, 2.05) is 18.7 Å². The van der Waals surface area contributed by atoms with E-state index in [1.165, 1.54) is 0 Å². The quantitative estimate of drug-likeness (QED) is 0.816. The van der Waals surface area contributed by atoms with E-state index >= 15 is 0 Å². The zero-order valence-corrected chi connectivity index (χ0v) is 13.9.